The van der Waals surface area contributed by atoms with E-state index in [-0.39, 0.29) is 18.3 Å². The SMILES string of the molecule is Cc1cc(N2CCOC(CN(C)CC(=O)O)C2)c2cccc([N+](=O)[O-])c2n1. The Kier molecular flexibility index (Phi) is 5.52. The van der Waals surface area contributed by atoms with E-state index in [2.05, 4.69) is 9.88 Å². The average molecular weight is 374 g/mol. The normalized spacial score (nSPS) is 17.4. The van der Waals surface area contributed by atoms with E-state index in [9.17, 15) is 14.9 Å². The number of benzene rings is 1. The van der Waals surface area contributed by atoms with Gasteiger partial charge in [0.15, 0.2) is 5.52 Å². The molecule has 2 heterocycles. The molecular weight excluding hydrogens is 352 g/mol. The van der Waals surface area contributed by atoms with Gasteiger partial charge < -0.3 is 14.7 Å². The first-order valence-electron chi connectivity index (χ1n) is 8.67. The smallest absolute Gasteiger partial charge is 0.317 e. The first-order valence-corrected chi connectivity index (χ1v) is 8.67. The number of carbonyl (C=O) groups is 1. The maximum Gasteiger partial charge on any atom is 0.317 e. The number of hydrogen-bond donors (Lipinski definition) is 1. The predicted molar refractivity (Wildman–Crippen MR) is 100 cm³/mol. The van der Waals surface area contributed by atoms with E-state index in [0.717, 1.165) is 11.1 Å². The Labute approximate surface area is 156 Å². The standard InChI is InChI=1S/C18H22N4O5/c1-12-8-16(14-4-3-5-15(22(25)26)18(14)19-12)21-6-7-27-13(10-21)9-20(2)11-17(23)24/h3-5,8,13H,6-7,9-11H2,1-2H3,(H,23,24). The molecule has 0 radical (unpaired) electrons. The van der Waals surface area contributed by atoms with Crippen LogP contribution < -0.4 is 4.90 Å². The second-order valence-electron chi connectivity index (χ2n) is 6.74. The summed E-state index contributed by atoms with van der Waals surface area (Å²) in [5, 5.41) is 21.0. The fourth-order valence-electron chi connectivity index (χ4n) is 3.44. The number of ether oxygens (including phenoxy) is 1. The number of aliphatic carboxylic acids is 1. The Balaban J connectivity index is 1.89. The van der Waals surface area contributed by atoms with E-state index in [4.69, 9.17) is 9.84 Å². The van der Waals surface area contributed by atoms with Crippen LogP contribution in [0.1, 0.15) is 5.69 Å². The monoisotopic (exact) mass is 374 g/mol. The fourth-order valence-corrected chi connectivity index (χ4v) is 3.44. The van der Waals surface area contributed by atoms with Gasteiger partial charge in [-0.25, -0.2) is 4.98 Å². The summed E-state index contributed by atoms with van der Waals surface area (Å²) < 4.78 is 5.79. The third-order valence-electron chi connectivity index (χ3n) is 4.52. The molecule has 0 aliphatic carbocycles. The number of anilines is 1. The number of nitro groups is 1. The Bertz CT molecular complexity index is 872. The molecular formula is C18H22N4O5. The minimum Gasteiger partial charge on any atom is -0.480 e. The largest absolute Gasteiger partial charge is 0.480 e. The van der Waals surface area contributed by atoms with Gasteiger partial charge in [0.25, 0.3) is 5.69 Å². The molecule has 1 aliphatic heterocycles. The lowest BCUT2D eigenvalue weighted by atomic mass is 10.1. The van der Waals surface area contributed by atoms with Crippen molar-refractivity contribution in [3.63, 3.8) is 0 Å². The number of carboxylic acids is 1. The molecule has 1 aliphatic rings. The molecule has 1 atom stereocenters. The minimum absolute atomic E-state index is 0.0107. The summed E-state index contributed by atoms with van der Waals surface area (Å²) in [4.78, 5) is 30.0. The highest BCUT2D eigenvalue weighted by Crippen LogP contribution is 2.32. The number of aryl methyl sites for hydroxylation is 1. The predicted octanol–water partition coefficient (Wildman–Crippen LogP) is 1.67. The molecule has 0 amide bonds. The summed E-state index contributed by atoms with van der Waals surface area (Å²) >= 11 is 0. The number of likely N-dealkylation sites (N-methyl/N-ethyl adjacent to an activating group) is 1. The van der Waals surface area contributed by atoms with E-state index in [1.54, 1.807) is 18.0 Å². The van der Waals surface area contributed by atoms with Crippen LogP contribution in [-0.4, -0.2) is 71.8 Å². The number of morpholine rings is 1. The lowest BCUT2D eigenvalue weighted by molar-refractivity contribution is -0.383. The van der Waals surface area contributed by atoms with E-state index in [0.29, 0.717) is 37.5 Å². The second kappa shape index (κ2) is 7.85. The van der Waals surface area contributed by atoms with Crippen LogP contribution in [0.2, 0.25) is 0 Å². The minimum atomic E-state index is -0.881. The topological polar surface area (TPSA) is 109 Å². The van der Waals surface area contributed by atoms with Crippen molar-refractivity contribution in [2.24, 2.45) is 0 Å². The molecule has 1 saturated heterocycles. The summed E-state index contributed by atoms with van der Waals surface area (Å²) in [7, 11) is 1.74. The van der Waals surface area contributed by atoms with Crippen molar-refractivity contribution >= 4 is 28.2 Å². The summed E-state index contributed by atoms with van der Waals surface area (Å²) in [6, 6.07) is 6.89. The van der Waals surface area contributed by atoms with Crippen molar-refractivity contribution < 1.29 is 19.6 Å². The van der Waals surface area contributed by atoms with Gasteiger partial charge in [-0.1, -0.05) is 12.1 Å². The molecule has 3 rings (SSSR count). The Morgan fingerprint density at radius 1 is 1.52 bits per heavy atom. The van der Waals surface area contributed by atoms with Gasteiger partial charge in [-0.05, 0) is 20.0 Å². The fraction of sp³-hybridized carbons (Fsp3) is 0.444. The molecule has 1 unspecified atom stereocenters. The lowest BCUT2D eigenvalue weighted by Crippen LogP contribution is -2.47. The van der Waals surface area contributed by atoms with Gasteiger partial charge in [-0.2, -0.15) is 0 Å². The Hall–Kier alpha value is -2.78. The molecule has 1 aromatic heterocycles. The van der Waals surface area contributed by atoms with Crippen molar-refractivity contribution in [2.75, 3.05) is 44.7 Å². The van der Waals surface area contributed by atoms with Crippen LogP contribution in [0, 0.1) is 17.0 Å². The molecule has 1 N–H and O–H groups in total. The van der Waals surface area contributed by atoms with Crippen LogP contribution in [0.25, 0.3) is 10.9 Å². The van der Waals surface area contributed by atoms with Gasteiger partial charge in [0.2, 0.25) is 0 Å². The maximum absolute atomic E-state index is 11.4. The van der Waals surface area contributed by atoms with Gasteiger partial charge in [0, 0.05) is 42.5 Å². The molecule has 9 heteroatoms. The molecule has 1 aromatic carbocycles. The molecule has 144 valence electrons. The van der Waals surface area contributed by atoms with E-state index in [1.807, 2.05) is 19.1 Å². The third-order valence-corrected chi connectivity index (χ3v) is 4.52. The molecule has 0 spiro atoms. The zero-order valence-corrected chi connectivity index (χ0v) is 15.3. The molecule has 9 nitrogen and oxygen atoms in total. The van der Waals surface area contributed by atoms with Crippen molar-refractivity contribution in [1.82, 2.24) is 9.88 Å². The number of carboxylic acid groups (broad SMARTS) is 1. The van der Waals surface area contributed by atoms with Crippen LogP contribution in [-0.2, 0) is 9.53 Å². The van der Waals surface area contributed by atoms with Crippen LogP contribution >= 0.6 is 0 Å². The number of nitrogens with zero attached hydrogens (tertiary/aromatic N) is 4. The number of nitro benzene ring substituents is 1. The molecule has 0 bridgehead atoms. The van der Waals surface area contributed by atoms with Gasteiger partial charge in [-0.3, -0.25) is 19.8 Å². The van der Waals surface area contributed by atoms with Crippen molar-refractivity contribution in [3.8, 4) is 0 Å². The number of hydrogen-bond acceptors (Lipinski definition) is 7. The van der Waals surface area contributed by atoms with Gasteiger partial charge in [0.05, 0.1) is 24.2 Å². The first-order chi connectivity index (χ1) is 12.8. The third kappa shape index (κ3) is 4.32. The number of pyridine rings is 1. The van der Waals surface area contributed by atoms with Gasteiger partial charge in [-0.15, -0.1) is 0 Å². The first kappa shape index (κ1) is 19.0. The molecule has 2 aromatic rings. The Morgan fingerprint density at radius 3 is 3.00 bits per heavy atom. The highest BCUT2D eigenvalue weighted by molar-refractivity contribution is 5.97. The average Bonchev–Trinajstić information content (AvgIpc) is 2.59. The summed E-state index contributed by atoms with van der Waals surface area (Å²) in [5.74, 6) is -0.881. The highest BCUT2D eigenvalue weighted by atomic mass is 16.6. The van der Waals surface area contributed by atoms with Crippen LogP contribution in [0.15, 0.2) is 24.3 Å². The summed E-state index contributed by atoms with van der Waals surface area (Å²) in [6.07, 6.45) is -0.148. The van der Waals surface area contributed by atoms with E-state index >= 15 is 0 Å². The lowest BCUT2D eigenvalue weighted by Gasteiger charge is -2.36. The summed E-state index contributed by atoms with van der Waals surface area (Å²) in [5.41, 5.74) is 1.96. The van der Waals surface area contributed by atoms with E-state index < -0.39 is 10.9 Å². The number of aromatic nitrogens is 1. The van der Waals surface area contributed by atoms with Crippen LogP contribution in [0.3, 0.4) is 0 Å². The highest BCUT2D eigenvalue weighted by Gasteiger charge is 2.25. The quantitative estimate of drug-likeness (QED) is 0.601. The Morgan fingerprint density at radius 2 is 2.30 bits per heavy atom. The molecule has 1 fully saturated rings. The number of para-hydroxylation sites is 1. The molecule has 0 saturated carbocycles. The van der Waals surface area contributed by atoms with Crippen molar-refractivity contribution in [2.45, 2.75) is 13.0 Å². The maximum atomic E-state index is 11.4. The van der Waals surface area contributed by atoms with Crippen molar-refractivity contribution in [3.05, 3.63) is 40.1 Å². The zero-order chi connectivity index (χ0) is 19.6. The molecule has 27 heavy (non-hydrogen) atoms. The summed E-state index contributed by atoms with van der Waals surface area (Å²) in [6.45, 7) is 3.99. The number of non-ortho nitro benzene ring substituents is 1. The number of fused-ring (bicyclic) bond motifs is 1. The van der Waals surface area contributed by atoms with Gasteiger partial charge >= 0.3 is 5.97 Å². The van der Waals surface area contributed by atoms with Crippen LogP contribution in [0.4, 0.5) is 11.4 Å². The van der Waals surface area contributed by atoms with Gasteiger partial charge in [0.1, 0.15) is 0 Å². The van der Waals surface area contributed by atoms with Crippen molar-refractivity contribution in [1.29, 1.82) is 0 Å². The number of rotatable bonds is 6. The second-order valence-corrected chi connectivity index (χ2v) is 6.74. The zero-order valence-electron chi connectivity index (χ0n) is 15.3. The van der Waals surface area contributed by atoms with E-state index in [1.165, 1.54) is 6.07 Å². The van der Waals surface area contributed by atoms with Crippen LogP contribution in [0.5, 0.6) is 0 Å².